The smallest absolute Gasteiger partial charge is 0.183 e. The number of nitrogens with zero attached hydrogens (tertiary/aromatic N) is 4. The second kappa shape index (κ2) is 7.55. The number of pyridine rings is 1. The lowest BCUT2D eigenvalue weighted by atomic mass is 10.1. The van der Waals surface area contributed by atoms with E-state index in [1.165, 1.54) is 30.7 Å². The lowest BCUT2D eigenvalue weighted by molar-refractivity contribution is 0.619. The molecule has 2 heterocycles. The van der Waals surface area contributed by atoms with Gasteiger partial charge < -0.3 is 0 Å². The number of hydrogen-bond acceptors (Lipinski definition) is 3. The van der Waals surface area contributed by atoms with E-state index in [1.807, 2.05) is 26.0 Å². The molecule has 1 aromatic carbocycles. The van der Waals surface area contributed by atoms with Crippen LogP contribution >= 0.6 is 0 Å². The molecule has 25 heavy (non-hydrogen) atoms. The van der Waals surface area contributed by atoms with Crippen molar-refractivity contribution in [2.24, 2.45) is 10.2 Å². The molecule has 0 aliphatic heterocycles. The van der Waals surface area contributed by atoms with Crippen LogP contribution in [0.15, 0.2) is 52.8 Å². The number of halogens is 1. The highest BCUT2D eigenvalue weighted by Gasteiger charge is 2.15. The van der Waals surface area contributed by atoms with Crippen molar-refractivity contribution in [1.29, 1.82) is 0 Å². The SMILES string of the molecule is CCCCc1ccc(N=Nc2c(C(C)C)nc3ccc(F)cn23)cc1. The van der Waals surface area contributed by atoms with E-state index in [0.717, 1.165) is 17.8 Å². The van der Waals surface area contributed by atoms with E-state index in [9.17, 15) is 4.39 Å². The fraction of sp³-hybridized carbons (Fsp3) is 0.350. The third kappa shape index (κ3) is 3.92. The Labute approximate surface area is 147 Å². The zero-order valence-corrected chi connectivity index (χ0v) is 14.9. The fourth-order valence-corrected chi connectivity index (χ4v) is 2.73. The van der Waals surface area contributed by atoms with Crippen molar-refractivity contribution in [3.05, 3.63) is 59.7 Å². The molecule has 4 nitrogen and oxygen atoms in total. The molecule has 0 aliphatic rings. The second-order valence-corrected chi connectivity index (χ2v) is 6.52. The summed E-state index contributed by atoms with van der Waals surface area (Å²) in [5.41, 5.74) is 3.57. The van der Waals surface area contributed by atoms with Gasteiger partial charge in [-0.1, -0.05) is 39.3 Å². The molecule has 0 unspecified atom stereocenters. The number of fused-ring (bicyclic) bond motifs is 1. The molecule has 3 aromatic rings. The summed E-state index contributed by atoms with van der Waals surface area (Å²) in [5.74, 6) is 0.435. The second-order valence-electron chi connectivity index (χ2n) is 6.52. The zero-order valence-electron chi connectivity index (χ0n) is 14.9. The third-order valence-corrected chi connectivity index (χ3v) is 4.15. The van der Waals surface area contributed by atoms with E-state index < -0.39 is 0 Å². The Morgan fingerprint density at radius 1 is 1.08 bits per heavy atom. The van der Waals surface area contributed by atoms with Gasteiger partial charge in [-0.25, -0.2) is 9.37 Å². The number of aryl methyl sites for hydroxylation is 1. The van der Waals surface area contributed by atoms with Crippen LogP contribution in [0.1, 0.15) is 50.8 Å². The van der Waals surface area contributed by atoms with Crippen molar-refractivity contribution in [2.45, 2.75) is 46.0 Å². The molecule has 2 aromatic heterocycles. The van der Waals surface area contributed by atoms with Crippen molar-refractivity contribution < 1.29 is 4.39 Å². The van der Waals surface area contributed by atoms with E-state index in [4.69, 9.17) is 0 Å². The van der Waals surface area contributed by atoms with E-state index in [1.54, 1.807) is 10.5 Å². The molecule has 3 rings (SSSR count). The van der Waals surface area contributed by atoms with Gasteiger partial charge in [-0.05, 0) is 48.6 Å². The van der Waals surface area contributed by atoms with Crippen LogP contribution in [-0.4, -0.2) is 9.38 Å². The summed E-state index contributed by atoms with van der Waals surface area (Å²) in [7, 11) is 0. The predicted octanol–water partition coefficient (Wildman–Crippen LogP) is 6.35. The van der Waals surface area contributed by atoms with Gasteiger partial charge in [-0.2, -0.15) is 0 Å². The maximum absolute atomic E-state index is 13.6. The molecule has 0 atom stereocenters. The zero-order chi connectivity index (χ0) is 17.8. The Kier molecular flexibility index (Phi) is 5.22. The molecule has 0 bridgehead atoms. The van der Waals surface area contributed by atoms with Crippen LogP contribution in [0.2, 0.25) is 0 Å². The summed E-state index contributed by atoms with van der Waals surface area (Å²) in [5, 5.41) is 8.71. The van der Waals surface area contributed by atoms with E-state index in [-0.39, 0.29) is 11.7 Å². The number of hydrogen-bond donors (Lipinski definition) is 0. The lowest BCUT2D eigenvalue weighted by Crippen LogP contribution is -1.88. The van der Waals surface area contributed by atoms with Gasteiger partial charge >= 0.3 is 0 Å². The Balaban J connectivity index is 1.92. The minimum absolute atomic E-state index is 0.174. The summed E-state index contributed by atoms with van der Waals surface area (Å²) < 4.78 is 15.3. The quantitative estimate of drug-likeness (QED) is 0.482. The molecule has 0 amide bonds. The van der Waals surface area contributed by atoms with Crippen molar-refractivity contribution in [2.75, 3.05) is 0 Å². The molecule has 5 heteroatoms. The molecule has 0 saturated heterocycles. The Bertz CT molecular complexity index is 879. The molecule has 0 fully saturated rings. The molecular weight excluding hydrogens is 315 g/mol. The number of aromatic nitrogens is 2. The number of imidazole rings is 1. The topological polar surface area (TPSA) is 42.0 Å². The van der Waals surface area contributed by atoms with Gasteiger partial charge in [0.1, 0.15) is 11.5 Å². The summed E-state index contributed by atoms with van der Waals surface area (Å²) in [4.78, 5) is 4.56. The molecule has 0 spiro atoms. The van der Waals surface area contributed by atoms with Gasteiger partial charge in [-0.15, -0.1) is 10.2 Å². The largest absolute Gasteiger partial charge is 0.280 e. The molecular formula is C20H23FN4. The first kappa shape index (κ1) is 17.3. The third-order valence-electron chi connectivity index (χ3n) is 4.15. The van der Waals surface area contributed by atoms with Crippen molar-refractivity contribution in [1.82, 2.24) is 9.38 Å². The van der Waals surface area contributed by atoms with Gasteiger partial charge in [0.05, 0.1) is 11.4 Å². The average Bonchev–Trinajstić information content (AvgIpc) is 2.97. The van der Waals surface area contributed by atoms with Crippen LogP contribution in [0.3, 0.4) is 0 Å². The monoisotopic (exact) mass is 338 g/mol. The Morgan fingerprint density at radius 2 is 1.84 bits per heavy atom. The first-order valence-electron chi connectivity index (χ1n) is 8.76. The van der Waals surface area contributed by atoms with Crippen LogP contribution in [0.25, 0.3) is 5.65 Å². The predicted molar refractivity (Wildman–Crippen MR) is 98.5 cm³/mol. The van der Waals surface area contributed by atoms with Crippen molar-refractivity contribution >= 4 is 17.2 Å². The number of unbranched alkanes of at least 4 members (excludes halogenated alkanes) is 1. The fourth-order valence-electron chi connectivity index (χ4n) is 2.73. The van der Waals surface area contributed by atoms with Crippen LogP contribution < -0.4 is 0 Å². The standard InChI is InChI=1S/C20H23FN4/c1-4-5-6-15-7-10-17(11-8-15)23-24-20-19(14(2)3)22-18-12-9-16(21)13-25(18)20/h7-14H,4-6H2,1-3H3. The Morgan fingerprint density at radius 3 is 2.52 bits per heavy atom. The number of rotatable bonds is 6. The van der Waals surface area contributed by atoms with Gasteiger partial charge in [0.25, 0.3) is 0 Å². The molecule has 0 radical (unpaired) electrons. The summed E-state index contributed by atoms with van der Waals surface area (Å²) in [6.45, 7) is 6.27. The van der Waals surface area contributed by atoms with E-state index in [2.05, 4.69) is 34.3 Å². The molecule has 0 N–H and O–H groups in total. The molecule has 0 saturated carbocycles. The van der Waals surface area contributed by atoms with Crippen molar-refractivity contribution in [3.63, 3.8) is 0 Å². The minimum atomic E-state index is -0.322. The number of benzene rings is 1. The van der Waals surface area contributed by atoms with Gasteiger partial charge in [-0.3, -0.25) is 4.40 Å². The number of azo groups is 1. The Hall–Kier alpha value is -2.56. The van der Waals surface area contributed by atoms with Gasteiger partial charge in [0, 0.05) is 6.20 Å². The summed E-state index contributed by atoms with van der Waals surface area (Å²) in [6, 6.07) is 11.2. The lowest BCUT2D eigenvalue weighted by Gasteiger charge is -2.02. The van der Waals surface area contributed by atoms with E-state index in [0.29, 0.717) is 11.5 Å². The summed E-state index contributed by atoms with van der Waals surface area (Å²) in [6.07, 6.45) is 4.85. The van der Waals surface area contributed by atoms with Crippen LogP contribution in [-0.2, 0) is 6.42 Å². The first-order chi connectivity index (χ1) is 12.1. The van der Waals surface area contributed by atoms with Crippen LogP contribution in [0.4, 0.5) is 15.9 Å². The minimum Gasteiger partial charge on any atom is -0.280 e. The maximum atomic E-state index is 13.6. The molecule has 130 valence electrons. The van der Waals surface area contributed by atoms with Crippen LogP contribution in [0.5, 0.6) is 0 Å². The first-order valence-corrected chi connectivity index (χ1v) is 8.76. The van der Waals surface area contributed by atoms with Crippen LogP contribution in [0, 0.1) is 5.82 Å². The normalized spacial score (nSPS) is 11.9. The van der Waals surface area contributed by atoms with Gasteiger partial charge in [0.2, 0.25) is 0 Å². The maximum Gasteiger partial charge on any atom is 0.183 e. The molecule has 0 aliphatic carbocycles. The highest BCUT2D eigenvalue weighted by Crippen LogP contribution is 2.29. The highest BCUT2D eigenvalue weighted by atomic mass is 19.1. The van der Waals surface area contributed by atoms with Gasteiger partial charge in [0.15, 0.2) is 5.82 Å². The highest BCUT2D eigenvalue weighted by molar-refractivity contribution is 5.53. The average molecular weight is 338 g/mol. The van der Waals surface area contributed by atoms with E-state index >= 15 is 0 Å². The summed E-state index contributed by atoms with van der Waals surface area (Å²) >= 11 is 0. The van der Waals surface area contributed by atoms with Crippen molar-refractivity contribution in [3.8, 4) is 0 Å².